The zero-order valence-electron chi connectivity index (χ0n) is 13.9. The molecule has 1 heterocycles. The summed E-state index contributed by atoms with van der Waals surface area (Å²) in [4.78, 5) is 12.4. The molecule has 2 aromatic rings. The van der Waals surface area contributed by atoms with Crippen LogP contribution in [-0.2, 0) is 7.05 Å². The molecule has 0 bridgehead atoms. The van der Waals surface area contributed by atoms with Gasteiger partial charge in [0, 0.05) is 18.0 Å². The second-order valence-electron chi connectivity index (χ2n) is 6.28. The molecule has 2 heteroatoms. The first kappa shape index (κ1) is 14.8. The molecule has 0 saturated carbocycles. The van der Waals surface area contributed by atoms with Crippen molar-refractivity contribution < 1.29 is 0 Å². The van der Waals surface area contributed by atoms with Gasteiger partial charge in [0.1, 0.15) is 0 Å². The Morgan fingerprint density at radius 3 is 1.80 bits per heavy atom. The van der Waals surface area contributed by atoms with Gasteiger partial charge in [0.25, 0.3) is 5.56 Å². The molecule has 0 atom stereocenters. The van der Waals surface area contributed by atoms with Crippen molar-refractivity contribution in [3.8, 4) is 0 Å². The van der Waals surface area contributed by atoms with Crippen LogP contribution in [0.2, 0.25) is 0 Å². The van der Waals surface area contributed by atoms with Gasteiger partial charge in [0.05, 0.1) is 5.52 Å². The normalized spacial score (nSPS) is 11.7. The van der Waals surface area contributed by atoms with E-state index >= 15 is 0 Å². The average Bonchev–Trinajstić information content (AvgIpc) is 2.39. The lowest BCUT2D eigenvalue weighted by Gasteiger charge is -2.23. The highest BCUT2D eigenvalue weighted by molar-refractivity contribution is 5.91. The molecule has 0 aliphatic rings. The molecule has 2 nitrogen and oxygen atoms in total. The van der Waals surface area contributed by atoms with Crippen molar-refractivity contribution in [2.24, 2.45) is 7.05 Å². The number of nitrogens with zero attached hydrogens (tertiary/aromatic N) is 1. The van der Waals surface area contributed by atoms with Crippen molar-refractivity contribution in [3.63, 3.8) is 0 Å². The van der Waals surface area contributed by atoms with E-state index < -0.39 is 0 Å². The number of fused-ring (bicyclic) bond motifs is 1. The first-order valence-electron chi connectivity index (χ1n) is 7.29. The minimum atomic E-state index is 0.125. The monoisotopic (exact) mass is 271 g/mol. The Morgan fingerprint density at radius 1 is 0.800 bits per heavy atom. The van der Waals surface area contributed by atoms with Gasteiger partial charge >= 0.3 is 0 Å². The second-order valence-corrected chi connectivity index (χ2v) is 6.28. The van der Waals surface area contributed by atoms with Crippen molar-refractivity contribution in [1.29, 1.82) is 0 Å². The van der Waals surface area contributed by atoms with Crippen LogP contribution in [0.25, 0.3) is 10.9 Å². The predicted octanol–water partition coefficient (Wildman–Crippen LogP) is 4.20. The molecule has 1 aromatic carbocycles. The Hall–Kier alpha value is -1.57. The van der Waals surface area contributed by atoms with Crippen LogP contribution in [0.4, 0.5) is 0 Å². The van der Waals surface area contributed by atoms with Crippen LogP contribution < -0.4 is 5.56 Å². The Morgan fingerprint density at radius 2 is 1.30 bits per heavy atom. The molecular formula is C18H25NO. The molecule has 1 aromatic heterocycles. The Balaban J connectivity index is 3.27. The molecule has 0 amide bonds. The number of benzene rings is 1. The predicted molar refractivity (Wildman–Crippen MR) is 87.0 cm³/mol. The van der Waals surface area contributed by atoms with E-state index in [1.165, 1.54) is 27.6 Å². The maximum atomic E-state index is 12.4. The van der Waals surface area contributed by atoms with E-state index in [0.29, 0.717) is 5.92 Å². The van der Waals surface area contributed by atoms with Gasteiger partial charge < -0.3 is 4.57 Å². The van der Waals surface area contributed by atoms with Crippen molar-refractivity contribution in [2.45, 2.75) is 54.4 Å². The van der Waals surface area contributed by atoms with Crippen LogP contribution in [0.3, 0.4) is 0 Å². The highest BCUT2D eigenvalue weighted by atomic mass is 16.1. The van der Waals surface area contributed by atoms with Crippen molar-refractivity contribution in [1.82, 2.24) is 4.57 Å². The topological polar surface area (TPSA) is 22.0 Å². The van der Waals surface area contributed by atoms with E-state index in [9.17, 15) is 4.79 Å². The first-order valence-corrected chi connectivity index (χ1v) is 7.29. The summed E-state index contributed by atoms with van der Waals surface area (Å²) in [6, 6.07) is 0. The Kier molecular flexibility index (Phi) is 3.53. The minimum absolute atomic E-state index is 0.125. The maximum absolute atomic E-state index is 12.4. The Labute approximate surface area is 121 Å². The van der Waals surface area contributed by atoms with Gasteiger partial charge in [-0.2, -0.15) is 0 Å². The summed E-state index contributed by atoms with van der Waals surface area (Å²) in [5.41, 5.74) is 8.52. The third kappa shape index (κ3) is 1.81. The minimum Gasteiger partial charge on any atom is -0.311 e. The molecule has 0 unspecified atom stereocenters. The molecule has 0 radical (unpaired) electrons. The van der Waals surface area contributed by atoms with E-state index in [2.05, 4.69) is 41.5 Å². The molecule has 0 fully saturated rings. The first-order chi connectivity index (χ1) is 9.20. The third-order valence-corrected chi connectivity index (χ3v) is 4.87. The number of hydrogen-bond donors (Lipinski definition) is 0. The smallest absolute Gasteiger partial charge is 0.253 e. The van der Waals surface area contributed by atoms with Crippen LogP contribution >= 0.6 is 0 Å². The summed E-state index contributed by atoms with van der Waals surface area (Å²) in [5.74, 6) is 0.407. The van der Waals surface area contributed by atoms with Crippen LogP contribution in [0.1, 0.15) is 53.1 Å². The summed E-state index contributed by atoms with van der Waals surface area (Å²) < 4.78 is 1.84. The average molecular weight is 271 g/mol. The zero-order chi connectivity index (χ0) is 15.4. The van der Waals surface area contributed by atoms with Gasteiger partial charge in [-0.15, -0.1) is 0 Å². The highest BCUT2D eigenvalue weighted by Crippen LogP contribution is 2.35. The van der Waals surface area contributed by atoms with Crippen LogP contribution in [0.15, 0.2) is 4.79 Å². The summed E-state index contributed by atoms with van der Waals surface area (Å²) in [6.45, 7) is 15.0. The van der Waals surface area contributed by atoms with Crippen LogP contribution in [-0.4, -0.2) is 4.57 Å². The molecule has 0 N–H and O–H groups in total. The van der Waals surface area contributed by atoms with Gasteiger partial charge in [-0.05, 0) is 68.4 Å². The molecule has 0 aliphatic heterocycles. The largest absolute Gasteiger partial charge is 0.311 e. The fourth-order valence-electron chi connectivity index (χ4n) is 3.38. The molecule has 0 saturated heterocycles. The van der Waals surface area contributed by atoms with Crippen LogP contribution in [0, 0.1) is 34.6 Å². The SMILES string of the molecule is Cc1c(C)c(C(C)C)c2c(c1C)c(C)c(C)c(=O)n2C. The van der Waals surface area contributed by atoms with E-state index in [4.69, 9.17) is 0 Å². The summed E-state index contributed by atoms with van der Waals surface area (Å²) >= 11 is 0. The van der Waals surface area contributed by atoms with Crippen LogP contribution in [0.5, 0.6) is 0 Å². The third-order valence-electron chi connectivity index (χ3n) is 4.87. The molecular weight excluding hydrogens is 246 g/mol. The van der Waals surface area contributed by atoms with Crippen molar-refractivity contribution in [2.75, 3.05) is 0 Å². The number of pyridine rings is 1. The van der Waals surface area contributed by atoms with E-state index in [-0.39, 0.29) is 5.56 Å². The molecule has 108 valence electrons. The molecule has 0 spiro atoms. The molecule has 2 rings (SSSR count). The number of aromatic nitrogens is 1. The molecule has 0 aliphatic carbocycles. The summed E-state index contributed by atoms with van der Waals surface area (Å²) in [7, 11) is 1.90. The maximum Gasteiger partial charge on any atom is 0.253 e. The highest BCUT2D eigenvalue weighted by Gasteiger charge is 2.20. The number of aryl methyl sites for hydroxylation is 3. The van der Waals surface area contributed by atoms with Crippen molar-refractivity contribution >= 4 is 10.9 Å². The lowest BCUT2D eigenvalue weighted by molar-refractivity contribution is 0.824. The van der Waals surface area contributed by atoms with Gasteiger partial charge in [0.2, 0.25) is 0 Å². The fourth-order valence-corrected chi connectivity index (χ4v) is 3.38. The summed E-state index contributed by atoms with van der Waals surface area (Å²) in [5, 5.41) is 1.26. The van der Waals surface area contributed by atoms with Gasteiger partial charge in [-0.3, -0.25) is 4.79 Å². The quantitative estimate of drug-likeness (QED) is 0.761. The summed E-state index contributed by atoms with van der Waals surface area (Å²) in [6.07, 6.45) is 0. The number of hydrogen-bond acceptors (Lipinski definition) is 1. The molecule has 20 heavy (non-hydrogen) atoms. The van der Waals surface area contributed by atoms with Crippen molar-refractivity contribution in [3.05, 3.63) is 43.7 Å². The van der Waals surface area contributed by atoms with Gasteiger partial charge in [0.15, 0.2) is 0 Å². The van der Waals surface area contributed by atoms with E-state index in [0.717, 1.165) is 16.6 Å². The second kappa shape index (κ2) is 4.76. The van der Waals surface area contributed by atoms with E-state index in [1.807, 2.05) is 18.5 Å². The fraction of sp³-hybridized carbons (Fsp3) is 0.500. The van der Waals surface area contributed by atoms with E-state index in [1.54, 1.807) is 0 Å². The Bertz CT molecular complexity index is 764. The lowest BCUT2D eigenvalue weighted by atomic mass is 9.86. The zero-order valence-corrected chi connectivity index (χ0v) is 13.9. The lowest BCUT2D eigenvalue weighted by Crippen LogP contribution is -2.23. The van der Waals surface area contributed by atoms with Gasteiger partial charge in [-0.25, -0.2) is 0 Å². The number of rotatable bonds is 1. The standard InChI is InChI=1S/C18H25NO/c1-9(2)15-11(4)10(3)12(5)16-13(6)14(7)18(20)19(8)17(15)16/h9H,1-8H3. The van der Waals surface area contributed by atoms with Gasteiger partial charge in [-0.1, -0.05) is 13.8 Å².